The van der Waals surface area contributed by atoms with Crippen molar-refractivity contribution in [1.29, 1.82) is 0 Å². The van der Waals surface area contributed by atoms with E-state index in [-0.39, 0.29) is 5.91 Å². The first-order valence-electron chi connectivity index (χ1n) is 10.3. The first-order valence-corrected chi connectivity index (χ1v) is 11.1. The van der Waals surface area contributed by atoms with Gasteiger partial charge in [-0.3, -0.25) is 4.79 Å². The van der Waals surface area contributed by atoms with Gasteiger partial charge in [-0.25, -0.2) is 4.98 Å². The van der Waals surface area contributed by atoms with E-state index in [9.17, 15) is 4.79 Å². The number of likely N-dealkylation sites (tertiary alicyclic amines) is 1. The van der Waals surface area contributed by atoms with Gasteiger partial charge < -0.3 is 15.0 Å². The SMILES string of the molecule is CC(=O)N1CC2CC2C1CNCCc1cccc(Oc2nc3ccccc3s2)c1. The lowest BCUT2D eigenvalue weighted by Gasteiger charge is -2.26. The minimum absolute atomic E-state index is 0.212. The van der Waals surface area contributed by atoms with Gasteiger partial charge in [0.1, 0.15) is 5.75 Å². The fourth-order valence-electron chi connectivity index (χ4n) is 4.44. The Kier molecular flexibility index (Phi) is 4.97. The van der Waals surface area contributed by atoms with Crippen molar-refractivity contribution in [3.8, 4) is 10.9 Å². The number of thiazole rings is 1. The van der Waals surface area contributed by atoms with E-state index in [1.807, 2.05) is 30.3 Å². The summed E-state index contributed by atoms with van der Waals surface area (Å²) in [6, 6.07) is 16.7. The molecular formula is C23H25N3O2S. The van der Waals surface area contributed by atoms with E-state index in [4.69, 9.17) is 4.74 Å². The van der Waals surface area contributed by atoms with Gasteiger partial charge in [0.25, 0.3) is 5.19 Å². The zero-order valence-electron chi connectivity index (χ0n) is 16.5. The van der Waals surface area contributed by atoms with E-state index in [0.29, 0.717) is 11.2 Å². The van der Waals surface area contributed by atoms with Gasteiger partial charge in [-0.2, -0.15) is 0 Å². The van der Waals surface area contributed by atoms with Crippen LogP contribution in [0.1, 0.15) is 18.9 Å². The molecule has 150 valence electrons. The van der Waals surface area contributed by atoms with Crippen LogP contribution < -0.4 is 10.1 Å². The predicted molar refractivity (Wildman–Crippen MR) is 115 cm³/mol. The highest BCUT2D eigenvalue weighted by molar-refractivity contribution is 7.20. The topological polar surface area (TPSA) is 54.5 Å². The average Bonchev–Trinajstić information content (AvgIpc) is 3.21. The average molecular weight is 408 g/mol. The van der Waals surface area contributed by atoms with Crippen LogP contribution in [0, 0.1) is 11.8 Å². The molecule has 2 heterocycles. The van der Waals surface area contributed by atoms with Crippen LogP contribution in [0.4, 0.5) is 0 Å². The molecule has 2 fully saturated rings. The Bertz CT molecular complexity index is 1000. The largest absolute Gasteiger partial charge is 0.431 e. The van der Waals surface area contributed by atoms with Crippen LogP contribution >= 0.6 is 11.3 Å². The van der Waals surface area contributed by atoms with Gasteiger partial charge in [-0.05, 0) is 61.1 Å². The maximum absolute atomic E-state index is 11.8. The number of amides is 1. The minimum atomic E-state index is 0.212. The Morgan fingerprint density at radius 1 is 1.28 bits per heavy atom. The van der Waals surface area contributed by atoms with Gasteiger partial charge >= 0.3 is 0 Å². The molecule has 1 aliphatic carbocycles. The van der Waals surface area contributed by atoms with Crippen LogP contribution in [-0.4, -0.2) is 41.5 Å². The maximum atomic E-state index is 11.8. The number of nitrogens with zero attached hydrogens (tertiary/aromatic N) is 2. The molecule has 0 bridgehead atoms. The molecule has 3 aromatic rings. The van der Waals surface area contributed by atoms with Crippen molar-refractivity contribution < 1.29 is 9.53 Å². The number of para-hydroxylation sites is 1. The summed E-state index contributed by atoms with van der Waals surface area (Å²) in [4.78, 5) is 18.4. The smallest absolute Gasteiger partial charge is 0.279 e. The number of carbonyl (C=O) groups excluding carboxylic acids is 1. The van der Waals surface area contributed by atoms with E-state index in [2.05, 4.69) is 33.4 Å². The molecule has 5 nitrogen and oxygen atoms in total. The first-order chi connectivity index (χ1) is 14.2. The van der Waals surface area contributed by atoms with Crippen LogP contribution in [0.2, 0.25) is 0 Å². The summed E-state index contributed by atoms with van der Waals surface area (Å²) in [5.41, 5.74) is 2.20. The van der Waals surface area contributed by atoms with Crippen molar-refractivity contribution in [2.75, 3.05) is 19.6 Å². The second-order valence-electron chi connectivity index (χ2n) is 8.05. The zero-order valence-corrected chi connectivity index (χ0v) is 17.3. The van der Waals surface area contributed by atoms with Crippen molar-refractivity contribution in [2.24, 2.45) is 11.8 Å². The molecule has 1 aromatic heterocycles. The highest BCUT2D eigenvalue weighted by Gasteiger charge is 2.52. The molecule has 2 aliphatic rings. The predicted octanol–water partition coefficient (Wildman–Crippen LogP) is 4.09. The number of hydrogen-bond donors (Lipinski definition) is 1. The molecule has 29 heavy (non-hydrogen) atoms. The lowest BCUT2D eigenvalue weighted by atomic mass is 10.1. The van der Waals surface area contributed by atoms with E-state index in [1.165, 1.54) is 12.0 Å². The number of benzene rings is 2. The molecule has 1 saturated carbocycles. The second-order valence-corrected chi connectivity index (χ2v) is 9.04. The van der Waals surface area contributed by atoms with Gasteiger partial charge in [0.2, 0.25) is 5.91 Å². The first kappa shape index (κ1) is 18.6. The number of rotatable bonds is 7. The molecule has 1 amide bonds. The molecule has 5 rings (SSSR count). The third-order valence-electron chi connectivity index (χ3n) is 6.03. The quantitative estimate of drug-likeness (QED) is 0.600. The Morgan fingerprint density at radius 3 is 3.03 bits per heavy atom. The van der Waals surface area contributed by atoms with Crippen LogP contribution in [0.25, 0.3) is 10.2 Å². The summed E-state index contributed by atoms with van der Waals surface area (Å²) in [6.07, 6.45) is 2.22. The van der Waals surface area contributed by atoms with E-state index >= 15 is 0 Å². The molecular weight excluding hydrogens is 382 g/mol. The molecule has 0 radical (unpaired) electrons. The van der Waals surface area contributed by atoms with Crippen LogP contribution in [0.5, 0.6) is 10.9 Å². The summed E-state index contributed by atoms with van der Waals surface area (Å²) in [6.45, 7) is 4.43. The number of aromatic nitrogens is 1. The fraction of sp³-hybridized carbons (Fsp3) is 0.391. The Labute approximate surface area is 174 Å². The standard InChI is InChI=1S/C23H25N3O2S/c1-15(27)26-14-17-12-19(17)21(26)13-24-10-9-16-5-4-6-18(11-16)28-23-25-20-7-2-3-8-22(20)29-23/h2-8,11,17,19,21,24H,9-10,12-14H2,1H3. The van der Waals surface area contributed by atoms with Crippen molar-refractivity contribution in [3.05, 3.63) is 54.1 Å². The zero-order chi connectivity index (χ0) is 19.8. The Hall–Kier alpha value is -2.44. The lowest BCUT2D eigenvalue weighted by molar-refractivity contribution is -0.130. The summed E-state index contributed by atoms with van der Waals surface area (Å²) < 4.78 is 7.13. The maximum Gasteiger partial charge on any atom is 0.279 e. The molecule has 1 aliphatic heterocycles. The van der Waals surface area contributed by atoms with Crippen LogP contribution in [0.3, 0.4) is 0 Å². The molecule has 3 atom stereocenters. The summed E-state index contributed by atoms with van der Waals surface area (Å²) in [5, 5.41) is 4.23. The Morgan fingerprint density at radius 2 is 2.17 bits per heavy atom. The number of carbonyl (C=O) groups is 1. The van der Waals surface area contributed by atoms with E-state index in [1.54, 1.807) is 18.3 Å². The summed E-state index contributed by atoms with van der Waals surface area (Å²) in [7, 11) is 0. The third-order valence-corrected chi connectivity index (χ3v) is 6.94. The minimum Gasteiger partial charge on any atom is -0.431 e. The van der Waals surface area contributed by atoms with Gasteiger partial charge in [0.05, 0.1) is 10.2 Å². The van der Waals surface area contributed by atoms with E-state index in [0.717, 1.165) is 53.9 Å². The Balaban J connectivity index is 1.15. The molecule has 3 unspecified atom stereocenters. The van der Waals surface area contributed by atoms with Crippen LogP contribution in [-0.2, 0) is 11.2 Å². The monoisotopic (exact) mass is 407 g/mol. The lowest BCUT2D eigenvalue weighted by Crippen LogP contribution is -2.43. The van der Waals surface area contributed by atoms with Gasteiger partial charge in [0.15, 0.2) is 0 Å². The van der Waals surface area contributed by atoms with Gasteiger partial charge in [0, 0.05) is 26.1 Å². The van der Waals surface area contributed by atoms with Crippen molar-refractivity contribution >= 4 is 27.5 Å². The number of piperidine rings is 1. The third kappa shape index (κ3) is 4.00. The number of ether oxygens (including phenoxy) is 1. The molecule has 2 aromatic carbocycles. The van der Waals surface area contributed by atoms with Crippen LogP contribution in [0.15, 0.2) is 48.5 Å². The van der Waals surface area contributed by atoms with Gasteiger partial charge in [-0.1, -0.05) is 35.6 Å². The molecule has 1 saturated heterocycles. The van der Waals surface area contributed by atoms with Crippen molar-refractivity contribution in [3.63, 3.8) is 0 Å². The number of hydrogen-bond acceptors (Lipinski definition) is 5. The molecule has 6 heteroatoms. The van der Waals surface area contributed by atoms with E-state index < -0.39 is 0 Å². The fourth-order valence-corrected chi connectivity index (χ4v) is 5.27. The van der Waals surface area contributed by atoms with Crippen molar-refractivity contribution in [2.45, 2.75) is 25.8 Å². The van der Waals surface area contributed by atoms with Crippen molar-refractivity contribution in [1.82, 2.24) is 15.2 Å². The van der Waals surface area contributed by atoms with Gasteiger partial charge in [-0.15, -0.1) is 0 Å². The molecule has 0 spiro atoms. The highest BCUT2D eigenvalue weighted by Crippen LogP contribution is 2.49. The summed E-state index contributed by atoms with van der Waals surface area (Å²) in [5.74, 6) is 2.50. The normalized spacial score (nSPS) is 22.7. The second kappa shape index (κ2) is 7.76. The number of fused-ring (bicyclic) bond motifs is 2. The molecule has 1 N–H and O–H groups in total. The number of nitrogens with one attached hydrogen (secondary N) is 1. The highest BCUT2D eigenvalue weighted by atomic mass is 32.1. The summed E-state index contributed by atoms with van der Waals surface area (Å²) >= 11 is 1.56.